The van der Waals surface area contributed by atoms with Crippen LogP contribution in [0.15, 0.2) is 41.0 Å². The minimum absolute atomic E-state index is 0.000536. The van der Waals surface area contributed by atoms with E-state index < -0.39 is 5.97 Å². The van der Waals surface area contributed by atoms with Crippen molar-refractivity contribution >= 4 is 28.0 Å². The van der Waals surface area contributed by atoms with Crippen molar-refractivity contribution in [3.05, 3.63) is 52.3 Å². The molecule has 31 heavy (non-hydrogen) atoms. The smallest absolute Gasteiger partial charge is 0.410 e. The fourth-order valence-corrected chi connectivity index (χ4v) is 5.70. The van der Waals surface area contributed by atoms with Crippen LogP contribution in [0, 0.1) is 0 Å². The van der Waals surface area contributed by atoms with E-state index in [1.165, 1.54) is 7.11 Å². The molecule has 2 bridgehead atoms. The van der Waals surface area contributed by atoms with Crippen molar-refractivity contribution in [3.63, 3.8) is 0 Å². The number of nitrogens with zero attached hydrogens (tertiary/aromatic N) is 4. The lowest BCUT2D eigenvalue weighted by Gasteiger charge is -2.74. The molecular weight excluding hydrogens is 464 g/mol. The molecule has 1 amide bonds. The number of carbonyl (C=O) groups is 2. The van der Waals surface area contributed by atoms with Gasteiger partial charge in [0.1, 0.15) is 6.61 Å². The molecule has 1 aromatic carbocycles. The number of esters is 1. The van der Waals surface area contributed by atoms with E-state index in [4.69, 9.17) is 9.47 Å². The maximum absolute atomic E-state index is 12.4. The predicted molar refractivity (Wildman–Crippen MR) is 116 cm³/mol. The molecule has 0 N–H and O–H groups in total. The Labute approximate surface area is 189 Å². The van der Waals surface area contributed by atoms with E-state index >= 15 is 0 Å². The molecule has 0 spiro atoms. The quantitative estimate of drug-likeness (QED) is 0.602. The maximum Gasteiger partial charge on any atom is 0.410 e. The van der Waals surface area contributed by atoms with Crippen LogP contribution in [0.5, 0.6) is 0 Å². The van der Waals surface area contributed by atoms with Gasteiger partial charge in [0.15, 0.2) is 5.69 Å². The lowest BCUT2D eigenvalue weighted by molar-refractivity contribution is -0.217. The molecule has 1 aliphatic heterocycles. The largest absolute Gasteiger partial charge is 0.464 e. The number of hydrogen-bond donors (Lipinski definition) is 0. The second-order valence-electron chi connectivity index (χ2n) is 8.76. The highest BCUT2D eigenvalue weighted by Gasteiger charge is 2.71. The summed E-state index contributed by atoms with van der Waals surface area (Å²) in [5, 5.41) is 4.48. The summed E-state index contributed by atoms with van der Waals surface area (Å²) in [6.07, 6.45) is 4.71. The minimum atomic E-state index is -0.429. The third kappa shape index (κ3) is 3.43. The molecule has 9 heteroatoms. The molecule has 4 fully saturated rings. The molecule has 8 nitrogen and oxygen atoms in total. The summed E-state index contributed by atoms with van der Waals surface area (Å²) in [6.45, 7) is 3.38. The van der Waals surface area contributed by atoms with E-state index in [0.717, 1.165) is 37.9 Å². The highest BCUT2D eigenvalue weighted by atomic mass is 79.9. The number of ether oxygens (including phenoxy) is 2. The first-order valence-corrected chi connectivity index (χ1v) is 11.3. The SMILES string of the molecule is COC(=O)c1nn(C23CC(N4CCN(C(=O)OCc5ccccc5)CC4)(C2)C3)cc1Br. The van der Waals surface area contributed by atoms with Crippen molar-refractivity contribution in [3.8, 4) is 0 Å². The third-order valence-electron chi connectivity index (χ3n) is 6.92. The van der Waals surface area contributed by atoms with Crippen molar-refractivity contribution in [1.29, 1.82) is 0 Å². The molecule has 164 valence electrons. The van der Waals surface area contributed by atoms with Gasteiger partial charge in [0, 0.05) is 37.9 Å². The second kappa shape index (κ2) is 7.63. The lowest BCUT2D eigenvalue weighted by atomic mass is 9.43. The van der Waals surface area contributed by atoms with Crippen molar-refractivity contribution in [2.45, 2.75) is 36.9 Å². The Morgan fingerprint density at radius 3 is 2.39 bits per heavy atom. The molecule has 3 saturated carbocycles. The van der Waals surface area contributed by atoms with Gasteiger partial charge in [0.25, 0.3) is 0 Å². The van der Waals surface area contributed by atoms with Crippen LogP contribution in [0.25, 0.3) is 0 Å². The van der Waals surface area contributed by atoms with E-state index in [-0.39, 0.29) is 17.2 Å². The molecule has 2 aromatic rings. The fourth-order valence-electron chi connectivity index (χ4n) is 5.27. The Kier molecular flexibility index (Phi) is 5.05. The number of aromatic nitrogens is 2. The van der Waals surface area contributed by atoms with Crippen LogP contribution in [0.1, 0.15) is 35.3 Å². The van der Waals surface area contributed by atoms with Crippen molar-refractivity contribution in [2.75, 3.05) is 33.3 Å². The van der Waals surface area contributed by atoms with Gasteiger partial charge < -0.3 is 14.4 Å². The number of hydrogen-bond acceptors (Lipinski definition) is 6. The number of benzene rings is 1. The standard InChI is InChI=1S/C22H25BrN4O4/c1-30-19(28)18-17(23)11-27(24-18)22-13-21(14-22,15-22)26-9-7-25(8-10-26)20(29)31-12-16-5-3-2-4-6-16/h2-6,11H,7-10,12-15H2,1H3. The van der Waals surface area contributed by atoms with Crippen LogP contribution in [-0.2, 0) is 21.6 Å². The molecule has 6 rings (SSSR count). The van der Waals surface area contributed by atoms with Crippen LogP contribution in [-0.4, -0.2) is 70.5 Å². The Balaban J connectivity index is 1.12. The normalized spacial score (nSPS) is 27.2. The molecule has 3 aliphatic carbocycles. The van der Waals surface area contributed by atoms with Gasteiger partial charge >= 0.3 is 12.1 Å². The van der Waals surface area contributed by atoms with Gasteiger partial charge in [-0.05, 0) is 40.8 Å². The summed E-state index contributed by atoms with van der Waals surface area (Å²) in [7, 11) is 1.36. The van der Waals surface area contributed by atoms with Gasteiger partial charge in [-0.3, -0.25) is 9.58 Å². The van der Waals surface area contributed by atoms with Gasteiger partial charge in [-0.25, -0.2) is 9.59 Å². The van der Waals surface area contributed by atoms with Gasteiger partial charge in [-0.2, -0.15) is 5.10 Å². The Bertz CT molecular complexity index is 980. The van der Waals surface area contributed by atoms with Crippen LogP contribution in [0.4, 0.5) is 4.79 Å². The van der Waals surface area contributed by atoms with Crippen LogP contribution < -0.4 is 0 Å². The van der Waals surface area contributed by atoms with E-state index in [0.29, 0.717) is 29.9 Å². The van der Waals surface area contributed by atoms with E-state index in [2.05, 4.69) is 25.9 Å². The average Bonchev–Trinajstić information content (AvgIpc) is 3.12. The number of amides is 1. The monoisotopic (exact) mass is 488 g/mol. The molecule has 0 radical (unpaired) electrons. The van der Waals surface area contributed by atoms with Gasteiger partial charge in [-0.15, -0.1) is 0 Å². The summed E-state index contributed by atoms with van der Waals surface area (Å²) in [5.41, 5.74) is 1.52. The Hall–Kier alpha value is -2.39. The number of carbonyl (C=O) groups excluding carboxylic acids is 2. The van der Waals surface area contributed by atoms with Crippen LogP contribution in [0.2, 0.25) is 0 Å². The zero-order valence-electron chi connectivity index (χ0n) is 17.4. The van der Waals surface area contributed by atoms with Crippen molar-refractivity contribution in [2.24, 2.45) is 0 Å². The predicted octanol–water partition coefficient (Wildman–Crippen LogP) is 3.02. The third-order valence-corrected chi connectivity index (χ3v) is 7.50. The van der Waals surface area contributed by atoms with Crippen LogP contribution >= 0.6 is 15.9 Å². The number of rotatable bonds is 5. The Morgan fingerprint density at radius 1 is 1.06 bits per heavy atom. The van der Waals surface area contributed by atoms with Crippen molar-refractivity contribution in [1.82, 2.24) is 19.6 Å². The average molecular weight is 489 g/mol. The molecule has 0 unspecified atom stereocenters. The summed E-state index contributed by atoms with van der Waals surface area (Å²) in [5.74, 6) is -0.429. The highest BCUT2D eigenvalue weighted by molar-refractivity contribution is 9.10. The van der Waals surface area contributed by atoms with Gasteiger partial charge in [0.2, 0.25) is 0 Å². The number of halogens is 1. The first kappa shape index (κ1) is 20.5. The fraction of sp³-hybridized carbons (Fsp3) is 0.500. The molecular formula is C22H25BrN4O4. The highest BCUT2D eigenvalue weighted by Crippen LogP contribution is 2.68. The molecule has 2 heterocycles. The molecule has 0 atom stereocenters. The molecule has 1 saturated heterocycles. The minimum Gasteiger partial charge on any atom is -0.464 e. The first-order chi connectivity index (χ1) is 14.9. The van der Waals surface area contributed by atoms with E-state index in [9.17, 15) is 9.59 Å². The Morgan fingerprint density at radius 2 is 1.74 bits per heavy atom. The van der Waals surface area contributed by atoms with Gasteiger partial charge in [0.05, 0.1) is 17.1 Å². The van der Waals surface area contributed by atoms with Crippen molar-refractivity contribution < 1.29 is 19.1 Å². The van der Waals surface area contributed by atoms with E-state index in [1.807, 2.05) is 41.2 Å². The molecule has 4 aliphatic rings. The maximum atomic E-state index is 12.4. The summed E-state index contributed by atoms with van der Waals surface area (Å²) >= 11 is 3.42. The summed E-state index contributed by atoms with van der Waals surface area (Å²) < 4.78 is 12.9. The number of piperazine rings is 1. The zero-order valence-corrected chi connectivity index (χ0v) is 19.0. The summed E-state index contributed by atoms with van der Waals surface area (Å²) in [4.78, 5) is 28.5. The summed E-state index contributed by atoms with van der Waals surface area (Å²) in [6, 6.07) is 9.74. The second-order valence-corrected chi connectivity index (χ2v) is 9.61. The number of methoxy groups -OCH3 is 1. The molecule has 1 aromatic heterocycles. The lowest BCUT2D eigenvalue weighted by Crippen LogP contribution is -2.80. The van der Waals surface area contributed by atoms with Gasteiger partial charge in [-0.1, -0.05) is 30.3 Å². The van der Waals surface area contributed by atoms with E-state index in [1.54, 1.807) is 4.90 Å². The topological polar surface area (TPSA) is 76.9 Å². The zero-order chi connectivity index (χ0) is 21.6. The first-order valence-electron chi connectivity index (χ1n) is 10.5. The van der Waals surface area contributed by atoms with Crippen LogP contribution in [0.3, 0.4) is 0 Å².